The highest BCUT2D eigenvalue weighted by molar-refractivity contribution is 6.06. The molecular weight excluding hydrogens is 652 g/mol. The maximum absolute atomic E-state index is 14.4. The Bertz CT molecular complexity index is 1200. The average Bonchev–Trinajstić information content (AvgIpc) is 3.30. The standard InChI is InChI=1S/C44H74N2O6/c1-5-8-33(26-47)34-21-29(19-28-17-18-46-42(45)22-28)20-31-13-15-36(35-10-7-6-9-30(35)12-11-27(2)3)37-25-40(49)41(52-4)24-32(37)14-16-39(48)44(51)43(50)38(31)23-34/h27-38,40-42,44,46-47,49,51H,5-12,14,16-26,45H2,1-4H3. The van der Waals surface area contributed by atoms with Gasteiger partial charge >= 0.3 is 0 Å². The van der Waals surface area contributed by atoms with Crippen LogP contribution in [0.25, 0.3) is 0 Å². The van der Waals surface area contributed by atoms with E-state index in [1.807, 2.05) is 0 Å². The zero-order chi connectivity index (χ0) is 37.4. The lowest BCUT2D eigenvalue weighted by atomic mass is 9.60. The van der Waals surface area contributed by atoms with Crippen molar-refractivity contribution in [2.24, 2.45) is 76.7 Å². The lowest BCUT2D eigenvalue weighted by Crippen LogP contribution is -2.46. The second-order valence-corrected chi connectivity index (χ2v) is 18.5. The minimum absolute atomic E-state index is 0.00128. The quantitative estimate of drug-likeness (QED) is 0.124. The molecule has 0 aromatic carbocycles. The molecule has 0 aromatic heterocycles. The molecule has 4 aliphatic carbocycles. The number of fused-ring (bicyclic) bond motifs is 2. The SMILES string of the molecule is CCCC(CO)C1CC(CC2CCNC(N)C2)CC2C#CC(C3CCCCC3CCC(C)C)C3CC(O)C(OC)CC3CCC(=O)C(O)C(=O)C2C1. The number of methoxy groups -OCH3 is 1. The van der Waals surface area contributed by atoms with Crippen molar-refractivity contribution in [3.63, 3.8) is 0 Å². The molecule has 0 amide bonds. The van der Waals surface area contributed by atoms with Crippen molar-refractivity contribution < 1.29 is 29.6 Å². The molecule has 0 bridgehead atoms. The zero-order valence-electron chi connectivity index (χ0n) is 33.0. The van der Waals surface area contributed by atoms with Crippen LogP contribution in [0.15, 0.2) is 0 Å². The molecule has 1 aliphatic heterocycles. The molecule has 5 aliphatic rings. The van der Waals surface area contributed by atoms with Gasteiger partial charge in [-0.3, -0.25) is 9.59 Å². The molecule has 8 nitrogen and oxygen atoms in total. The van der Waals surface area contributed by atoms with E-state index in [4.69, 9.17) is 10.5 Å². The Morgan fingerprint density at radius 3 is 2.42 bits per heavy atom. The van der Waals surface area contributed by atoms with Crippen LogP contribution in [0.1, 0.15) is 136 Å². The van der Waals surface area contributed by atoms with Gasteiger partial charge in [0.25, 0.3) is 0 Å². The first-order valence-corrected chi connectivity index (χ1v) is 21.6. The van der Waals surface area contributed by atoms with Crippen molar-refractivity contribution in [3.8, 4) is 11.8 Å². The van der Waals surface area contributed by atoms with Crippen LogP contribution in [0.2, 0.25) is 0 Å². The van der Waals surface area contributed by atoms with Gasteiger partial charge in [-0.15, -0.1) is 0 Å². The van der Waals surface area contributed by atoms with Crippen LogP contribution < -0.4 is 11.1 Å². The third-order valence-electron chi connectivity index (χ3n) is 14.6. The van der Waals surface area contributed by atoms with Crippen LogP contribution in [0, 0.1) is 82.9 Å². The molecule has 296 valence electrons. The first-order chi connectivity index (χ1) is 25.0. The smallest absolute Gasteiger partial charge is 0.173 e. The van der Waals surface area contributed by atoms with E-state index in [0.717, 1.165) is 57.9 Å². The van der Waals surface area contributed by atoms with Gasteiger partial charge in [-0.25, -0.2) is 0 Å². The zero-order valence-corrected chi connectivity index (χ0v) is 33.0. The fraction of sp³-hybridized carbons (Fsp3) is 0.909. The predicted molar refractivity (Wildman–Crippen MR) is 206 cm³/mol. The number of nitrogens with two attached hydrogens (primary N) is 1. The molecule has 6 N–H and O–H groups in total. The number of carbonyl (C=O) groups excluding carboxylic acids is 2. The summed E-state index contributed by atoms with van der Waals surface area (Å²) in [6.07, 6.45) is 13.8. The second kappa shape index (κ2) is 20.0. The van der Waals surface area contributed by atoms with Gasteiger partial charge in [0.2, 0.25) is 0 Å². The Hall–Kier alpha value is -1.34. The van der Waals surface area contributed by atoms with Crippen LogP contribution in [-0.4, -0.2) is 71.6 Å². The van der Waals surface area contributed by atoms with E-state index in [0.29, 0.717) is 55.3 Å². The number of aliphatic hydroxyl groups excluding tert-OH is 3. The van der Waals surface area contributed by atoms with Gasteiger partial charge < -0.3 is 31.1 Å². The summed E-state index contributed by atoms with van der Waals surface area (Å²) in [5, 5.41) is 36.9. The minimum Gasteiger partial charge on any atom is -0.396 e. The Kier molecular flexibility index (Phi) is 16.1. The Balaban J connectivity index is 1.58. The van der Waals surface area contributed by atoms with Gasteiger partial charge in [0.15, 0.2) is 17.7 Å². The molecule has 3 saturated carbocycles. The molecule has 5 rings (SSSR count). The van der Waals surface area contributed by atoms with Crippen LogP contribution in [0.3, 0.4) is 0 Å². The molecule has 0 spiro atoms. The van der Waals surface area contributed by atoms with Gasteiger partial charge in [0, 0.05) is 37.9 Å². The highest BCUT2D eigenvalue weighted by Gasteiger charge is 2.47. The van der Waals surface area contributed by atoms with E-state index in [2.05, 4.69) is 37.9 Å². The van der Waals surface area contributed by atoms with Crippen molar-refractivity contribution in [2.75, 3.05) is 20.3 Å². The van der Waals surface area contributed by atoms with E-state index in [-0.39, 0.29) is 72.4 Å². The Morgan fingerprint density at radius 1 is 0.923 bits per heavy atom. The summed E-state index contributed by atoms with van der Waals surface area (Å²) >= 11 is 0. The highest BCUT2D eigenvalue weighted by Crippen LogP contribution is 2.49. The molecule has 1 heterocycles. The third-order valence-corrected chi connectivity index (χ3v) is 14.6. The van der Waals surface area contributed by atoms with Gasteiger partial charge in [-0.05, 0) is 137 Å². The van der Waals surface area contributed by atoms with E-state index >= 15 is 0 Å². The molecule has 1 saturated heterocycles. The summed E-state index contributed by atoms with van der Waals surface area (Å²) in [4.78, 5) is 28.2. The van der Waals surface area contributed by atoms with Gasteiger partial charge in [0.05, 0.1) is 18.4 Å². The van der Waals surface area contributed by atoms with Crippen molar-refractivity contribution in [1.82, 2.24) is 5.32 Å². The van der Waals surface area contributed by atoms with Crippen LogP contribution in [-0.2, 0) is 14.3 Å². The van der Waals surface area contributed by atoms with Crippen LogP contribution in [0.5, 0.6) is 0 Å². The molecule has 0 radical (unpaired) electrons. The molecule has 4 fully saturated rings. The molecular formula is C44H74N2O6. The molecule has 8 heteroatoms. The van der Waals surface area contributed by atoms with E-state index in [1.165, 1.54) is 32.1 Å². The number of carbonyl (C=O) groups is 2. The van der Waals surface area contributed by atoms with Crippen molar-refractivity contribution >= 4 is 11.6 Å². The Morgan fingerprint density at radius 2 is 1.71 bits per heavy atom. The lowest BCUT2D eigenvalue weighted by molar-refractivity contribution is -0.142. The van der Waals surface area contributed by atoms with Crippen LogP contribution >= 0.6 is 0 Å². The van der Waals surface area contributed by atoms with Crippen molar-refractivity contribution in [2.45, 2.75) is 161 Å². The van der Waals surface area contributed by atoms with Gasteiger partial charge in [0.1, 0.15) is 0 Å². The van der Waals surface area contributed by atoms with Crippen molar-refractivity contribution in [1.29, 1.82) is 0 Å². The summed E-state index contributed by atoms with van der Waals surface area (Å²) < 4.78 is 5.77. The monoisotopic (exact) mass is 727 g/mol. The first-order valence-electron chi connectivity index (χ1n) is 21.6. The number of nitrogens with one attached hydrogen (secondary N) is 1. The largest absolute Gasteiger partial charge is 0.396 e. The summed E-state index contributed by atoms with van der Waals surface area (Å²) in [6, 6.07) is 0. The molecule has 52 heavy (non-hydrogen) atoms. The predicted octanol–water partition coefficient (Wildman–Crippen LogP) is 6.28. The van der Waals surface area contributed by atoms with E-state index in [9.17, 15) is 24.9 Å². The summed E-state index contributed by atoms with van der Waals surface area (Å²) in [5.41, 5.74) is 6.37. The van der Waals surface area contributed by atoms with Gasteiger partial charge in [-0.2, -0.15) is 0 Å². The maximum Gasteiger partial charge on any atom is 0.173 e. The highest BCUT2D eigenvalue weighted by atomic mass is 16.5. The minimum atomic E-state index is -1.65. The van der Waals surface area contributed by atoms with E-state index in [1.54, 1.807) is 7.11 Å². The van der Waals surface area contributed by atoms with Crippen LogP contribution in [0.4, 0.5) is 0 Å². The van der Waals surface area contributed by atoms with Gasteiger partial charge in [-0.1, -0.05) is 64.7 Å². The number of Topliss-reactive ketones (excluding diaryl/α,β-unsaturated/α-hetero) is 2. The molecule has 0 aromatic rings. The summed E-state index contributed by atoms with van der Waals surface area (Å²) in [7, 11) is 1.66. The number of ketones is 2. The third kappa shape index (κ3) is 10.7. The number of rotatable bonds is 11. The topological polar surface area (TPSA) is 142 Å². The number of aliphatic hydroxyl groups is 3. The number of hydrogen-bond donors (Lipinski definition) is 5. The molecule has 15 unspecified atom stereocenters. The number of hydrogen-bond acceptors (Lipinski definition) is 8. The fourth-order valence-electron chi connectivity index (χ4n) is 11.7. The second-order valence-electron chi connectivity index (χ2n) is 18.5. The normalized spacial score (nSPS) is 41.4. The lowest BCUT2D eigenvalue weighted by Gasteiger charge is -2.46. The maximum atomic E-state index is 14.4. The first kappa shape index (κ1) is 41.8. The van der Waals surface area contributed by atoms with Crippen molar-refractivity contribution in [3.05, 3.63) is 0 Å². The van der Waals surface area contributed by atoms with E-state index < -0.39 is 18.1 Å². The summed E-state index contributed by atoms with van der Waals surface area (Å²) in [6.45, 7) is 7.76. The Labute approximate surface area is 315 Å². The number of ether oxygens (including phenoxy) is 1. The summed E-state index contributed by atoms with van der Waals surface area (Å²) in [5.74, 6) is 9.24. The average molecular weight is 727 g/mol. The number of piperidine rings is 1. The molecule has 15 atom stereocenters. The fourth-order valence-corrected chi connectivity index (χ4v) is 11.7.